The molecule has 112 valence electrons. The van der Waals surface area contributed by atoms with E-state index in [1.165, 1.54) is 11.3 Å². The monoisotopic (exact) mass is 305 g/mol. The van der Waals surface area contributed by atoms with Crippen molar-refractivity contribution in [2.24, 2.45) is 0 Å². The minimum absolute atomic E-state index is 0.0183. The predicted octanol–water partition coefficient (Wildman–Crippen LogP) is 3.80. The molecule has 0 spiro atoms. The second-order valence-corrected chi connectivity index (χ2v) is 6.36. The minimum atomic E-state index is -0.190. The zero-order valence-corrected chi connectivity index (χ0v) is 13.3. The lowest BCUT2D eigenvalue weighted by Crippen LogP contribution is -2.26. The Morgan fingerprint density at radius 3 is 2.52 bits per heavy atom. The molecule has 0 aromatic carbocycles. The van der Waals surface area contributed by atoms with Gasteiger partial charge in [0.15, 0.2) is 5.78 Å². The molecule has 0 unspecified atom stereocenters. The van der Waals surface area contributed by atoms with Gasteiger partial charge in [0, 0.05) is 17.7 Å². The molecule has 1 N–H and O–H groups in total. The molecule has 0 saturated heterocycles. The summed E-state index contributed by atoms with van der Waals surface area (Å²) in [6.45, 7) is 5.68. The van der Waals surface area contributed by atoms with Gasteiger partial charge < -0.3 is 9.73 Å². The molecule has 0 aliphatic carbocycles. The topological polar surface area (TPSA) is 59.3 Å². The van der Waals surface area contributed by atoms with Gasteiger partial charge in [-0.1, -0.05) is 0 Å². The van der Waals surface area contributed by atoms with Crippen molar-refractivity contribution in [1.29, 1.82) is 0 Å². The van der Waals surface area contributed by atoms with Gasteiger partial charge in [0.25, 0.3) is 0 Å². The third kappa shape index (κ3) is 4.29. The SMILES string of the molecule is Cc1ccc([C@H](C)NC(=O)CCC(=O)c2ccc(C)s2)o1. The molecule has 0 aliphatic heterocycles. The Kier molecular flexibility index (Phi) is 4.96. The summed E-state index contributed by atoms with van der Waals surface area (Å²) in [4.78, 5) is 25.6. The summed E-state index contributed by atoms with van der Waals surface area (Å²) in [6, 6.07) is 7.25. The molecule has 2 heterocycles. The molecular formula is C16H19NO3S. The van der Waals surface area contributed by atoms with Crippen molar-refractivity contribution < 1.29 is 14.0 Å². The Bertz CT molecular complexity index is 641. The average Bonchev–Trinajstić information content (AvgIpc) is 3.04. The van der Waals surface area contributed by atoms with Crippen LogP contribution in [0.15, 0.2) is 28.7 Å². The molecule has 5 heteroatoms. The fourth-order valence-electron chi connectivity index (χ4n) is 2.01. The largest absolute Gasteiger partial charge is 0.464 e. The Labute approximate surface area is 128 Å². The number of carbonyl (C=O) groups excluding carboxylic acids is 2. The first-order valence-corrected chi connectivity index (χ1v) is 7.72. The van der Waals surface area contributed by atoms with E-state index < -0.39 is 0 Å². The van der Waals surface area contributed by atoms with Gasteiger partial charge in [-0.25, -0.2) is 0 Å². The van der Waals surface area contributed by atoms with Crippen molar-refractivity contribution in [1.82, 2.24) is 5.32 Å². The maximum atomic E-state index is 11.9. The number of hydrogen-bond donors (Lipinski definition) is 1. The van der Waals surface area contributed by atoms with Crippen LogP contribution in [0.2, 0.25) is 0 Å². The van der Waals surface area contributed by atoms with E-state index >= 15 is 0 Å². The number of rotatable bonds is 6. The van der Waals surface area contributed by atoms with Crippen LogP contribution in [0, 0.1) is 13.8 Å². The van der Waals surface area contributed by atoms with E-state index in [0.29, 0.717) is 0 Å². The lowest BCUT2D eigenvalue weighted by Gasteiger charge is -2.11. The number of amides is 1. The van der Waals surface area contributed by atoms with Gasteiger partial charge in [0.2, 0.25) is 5.91 Å². The fourth-order valence-corrected chi connectivity index (χ4v) is 2.84. The molecule has 2 aromatic rings. The molecular weight excluding hydrogens is 286 g/mol. The van der Waals surface area contributed by atoms with Gasteiger partial charge in [0.05, 0.1) is 10.9 Å². The van der Waals surface area contributed by atoms with Gasteiger partial charge in [-0.05, 0) is 45.0 Å². The first kappa shape index (κ1) is 15.5. The maximum Gasteiger partial charge on any atom is 0.221 e. The van der Waals surface area contributed by atoms with Crippen LogP contribution in [0.5, 0.6) is 0 Å². The van der Waals surface area contributed by atoms with Crippen LogP contribution < -0.4 is 5.32 Å². The summed E-state index contributed by atoms with van der Waals surface area (Å²) in [5.74, 6) is 1.42. The number of hydrogen-bond acceptors (Lipinski definition) is 4. The number of nitrogens with one attached hydrogen (secondary N) is 1. The third-order valence-electron chi connectivity index (χ3n) is 3.16. The molecule has 0 bridgehead atoms. The van der Waals surface area contributed by atoms with E-state index in [-0.39, 0.29) is 30.6 Å². The molecule has 0 aliphatic rings. The number of Topliss-reactive ketones (excluding diaryl/α,β-unsaturated/α-hetero) is 1. The zero-order chi connectivity index (χ0) is 15.4. The Morgan fingerprint density at radius 2 is 1.95 bits per heavy atom. The van der Waals surface area contributed by atoms with Crippen molar-refractivity contribution in [3.05, 3.63) is 45.5 Å². The number of ketones is 1. The van der Waals surface area contributed by atoms with Crippen LogP contribution in [0.1, 0.15) is 51.9 Å². The van der Waals surface area contributed by atoms with Crippen LogP contribution in [-0.2, 0) is 4.79 Å². The number of furan rings is 1. The third-order valence-corrected chi connectivity index (χ3v) is 4.20. The summed E-state index contributed by atoms with van der Waals surface area (Å²) < 4.78 is 5.46. The van der Waals surface area contributed by atoms with E-state index in [2.05, 4.69) is 5.32 Å². The summed E-state index contributed by atoms with van der Waals surface area (Å²) in [7, 11) is 0. The molecule has 0 radical (unpaired) electrons. The zero-order valence-electron chi connectivity index (χ0n) is 12.4. The average molecular weight is 305 g/mol. The van der Waals surface area contributed by atoms with Crippen molar-refractivity contribution in [2.75, 3.05) is 0 Å². The molecule has 4 nitrogen and oxygen atoms in total. The summed E-state index contributed by atoms with van der Waals surface area (Å²) in [5, 5.41) is 2.84. The predicted molar refractivity (Wildman–Crippen MR) is 82.6 cm³/mol. The highest BCUT2D eigenvalue weighted by atomic mass is 32.1. The Hall–Kier alpha value is -1.88. The van der Waals surface area contributed by atoms with Crippen LogP contribution >= 0.6 is 11.3 Å². The van der Waals surface area contributed by atoms with Crippen LogP contribution in [0.25, 0.3) is 0 Å². The van der Waals surface area contributed by atoms with Crippen LogP contribution in [0.3, 0.4) is 0 Å². The number of thiophene rings is 1. The molecule has 1 atom stereocenters. The van der Waals surface area contributed by atoms with Crippen molar-refractivity contribution in [3.8, 4) is 0 Å². The molecule has 2 rings (SSSR count). The van der Waals surface area contributed by atoms with Crippen LogP contribution in [0.4, 0.5) is 0 Å². The quantitative estimate of drug-likeness (QED) is 0.826. The molecule has 0 saturated carbocycles. The minimum Gasteiger partial charge on any atom is -0.464 e. The van der Waals surface area contributed by atoms with Crippen molar-refractivity contribution >= 4 is 23.0 Å². The highest BCUT2D eigenvalue weighted by Gasteiger charge is 2.15. The van der Waals surface area contributed by atoms with Gasteiger partial charge in [-0.15, -0.1) is 11.3 Å². The number of aryl methyl sites for hydroxylation is 2. The maximum absolute atomic E-state index is 11.9. The van der Waals surface area contributed by atoms with Crippen molar-refractivity contribution in [3.63, 3.8) is 0 Å². The van der Waals surface area contributed by atoms with Crippen LogP contribution in [-0.4, -0.2) is 11.7 Å². The molecule has 21 heavy (non-hydrogen) atoms. The van der Waals surface area contributed by atoms with Crippen molar-refractivity contribution in [2.45, 2.75) is 39.7 Å². The van der Waals surface area contributed by atoms with E-state index in [9.17, 15) is 9.59 Å². The standard InChI is InChI=1S/C16H19NO3S/c1-10-4-7-14(20-10)12(3)17-16(19)9-6-13(18)15-8-5-11(2)21-15/h4-5,7-8,12H,6,9H2,1-3H3,(H,17,19)/t12-/m0/s1. The first-order chi connectivity index (χ1) is 9.95. The summed E-state index contributed by atoms with van der Waals surface area (Å²) in [5.41, 5.74) is 0. The highest BCUT2D eigenvalue weighted by molar-refractivity contribution is 7.14. The molecule has 0 fully saturated rings. The van der Waals surface area contributed by atoms with Gasteiger partial charge in [0.1, 0.15) is 11.5 Å². The Morgan fingerprint density at radius 1 is 1.19 bits per heavy atom. The molecule has 2 aromatic heterocycles. The summed E-state index contributed by atoms with van der Waals surface area (Å²) >= 11 is 1.46. The van der Waals surface area contributed by atoms with Gasteiger partial charge >= 0.3 is 0 Å². The lowest BCUT2D eigenvalue weighted by atomic mass is 10.1. The normalized spacial score (nSPS) is 12.1. The van der Waals surface area contributed by atoms with Gasteiger partial charge in [-0.2, -0.15) is 0 Å². The fraction of sp³-hybridized carbons (Fsp3) is 0.375. The summed E-state index contributed by atoms with van der Waals surface area (Å²) in [6.07, 6.45) is 0.426. The number of carbonyl (C=O) groups is 2. The van der Waals surface area contributed by atoms with E-state index in [0.717, 1.165) is 21.3 Å². The lowest BCUT2D eigenvalue weighted by molar-refractivity contribution is -0.121. The smallest absolute Gasteiger partial charge is 0.221 e. The Balaban J connectivity index is 1.81. The molecule has 1 amide bonds. The second kappa shape index (κ2) is 6.72. The highest BCUT2D eigenvalue weighted by Crippen LogP contribution is 2.18. The van der Waals surface area contributed by atoms with E-state index in [4.69, 9.17) is 4.42 Å². The first-order valence-electron chi connectivity index (χ1n) is 6.91. The second-order valence-electron chi connectivity index (χ2n) is 5.07. The van der Waals surface area contributed by atoms with E-state index in [1.807, 2.05) is 45.0 Å². The van der Waals surface area contributed by atoms with Gasteiger partial charge in [-0.3, -0.25) is 9.59 Å². The van der Waals surface area contributed by atoms with E-state index in [1.54, 1.807) is 0 Å².